The van der Waals surface area contributed by atoms with Crippen LogP contribution in [0, 0.1) is 5.82 Å². The third-order valence-electron chi connectivity index (χ3n) is 4.28. The summed E-state index contributed by atoms with van der Waals surface area (Å²) in [4.78, 5) is 25.8. The highest BCUT2D eigenvalue weighted by Crippen LogP contribution is 2.24. The first-order chi connectivity index (χ1) is 10.6. The Kier molecular flexibility index (Phi) is 5.96. The van der Waals surface area contributed by atoms with E-state index in [4.69, 9.17) is 0 Å². The van der Waals surface area contributed by atoms with Gasteiger partial charge in [0.25, 0.3) is 0 Å². The highest BCUT2D eigenvalue weighted by Gasteiger charge is 2.35. The van der Waals surface area contributed by atoms with Crippen molar-refractivity contribution in [2.45, 2.75) is 37.8 Å². The number of nitrogens with zero attached hydrogens (tertiary/aromatic N) is 1. The maximum Gasteiger partial charge on any atom is 0.249 e. The number of carbonyl (C=O) groups excluding carboxylic acids is 2. The summed E-state index contributed by atoms with van der Waals surface area (Å²) < 4.78 is 13.8. The number of carbonyl (C=O) groups is 2. The molecule has 1 aromatic carbocycles. The predicted molar refractivity (Wildman–Crippen MR) is 88.2 cm³/mol. The van der Waals surface area contributed by atoms with E-state index >= 15 is 0 Å². The second-order valence-electron chi connectivity index (χ2n) is 5.85. The molecule has 0 spiro atoms. The van der Waals surface area contributed by atoms with Crippen molar-refractivity contribution < 1.29 is 14.0 Å². The largest absolute Gasteiger partial charge is 0.344 e. The first-order valence-corrected chi connectivity index (χ1v) is 7.74. The zero-order valence-corrected chi connectivity index (χ0v) is 13.6. The van der Waals surface area contributed by atoms with Crippen molar-refractivity contribution in [1.82, 2.24) is 10.6 Å². The molecule has 0 radical (unpaired) electrons. The minimum atomic E-state index is -0.548. The van der Waals surface area contributed by atoms with Crippen molar-refractivity contribution in [2.75, 3.05) is 18.0 Å². The molecule has 2 N–H and O–H groups in total. The van der Waals surface area contributed by atoms with E-state index < -0.39 is 11.9 Å². The molecular formula is C16H21ClFN3O2. The fraction of sp³-hybridized carbons (Fsp3) is 0.500. The lowest BCUT2D eigenvalue weighted by atomic mass is 10.1. The lowest BCUT2D eigenvalue weighted by molar-refractivity contribution is -0.126. The summed E-state index contributed by atoms with van der Waals surface area (Å²) in [5.41, 5.74) is 0.279. The highest BCUT2D eigenvalue weighted by molar-refractivity contribution is 6.01. The molecule has 0 aromatic heterocycles. The van der Waals surface area contributed by atoms with Crippen LogP contribution in [-0.2, 0) is 9.59 Å². The van der Waals surface area contributed by atoms with Gasteiger partial charge in [-0.25, -0.2) is 4.39 Å². The number of hydrogen-bond donors (Lipinski definition) is 2. The number of halogens is 2. The average molecular weight is 342 g/mol. The van der Waals surface area contributed by atoms with Gasteiger partial charge in [0.15, 0.2) is 0 Å². The second kappa shape index (κ2) is 7.75. The van der Waals surface area contributed by atoms with Crippen LogP contribution in [0.5, 0.6) is 0 Å². The van der Waals surface area contributed by atoms with Gasteiger partial charge in [-0.15, -0.1) is 12.4 Å². The standard InChI is InChI=1S/C16H20FN3O2.ClH/c17-12-5-1-2-6-14(12)20-9-7-13(16(20)22)19-15(21)10-11-4-3-8-18-11;/h1-2,5-6,11,13,18H,3-4,7-10H2,(H,19,21);1H. The molecule has 2 unspecified atom stereocenters. The minimum Gasteiger partial charge on any atom is -0.344 e. The van der Waals surface area contributed by atoms with Crippen LogP contribution in [-0.4, -0.2) is 37.0 Å². The molecule has 2 aliphatic rings. The normalized spacial score (nSPS) is 23.7. The van der Waals surface area contributed by atoms with Gasteiger partial charge in [0.2, 0.25) is 11.8 Å². The summed E-state index contributed by atoms with van der Waals surface area (Å²) in [7, 11) is 0. The molecule has 2 aliphatic heterocycles. The molecule has 0 saturated carbocycles. The Labute approximate surface area is 141 Å². The van der Waals surface area contributed by atoms with Gasteiger partial charge in [0, 0.05) is 19.0 Å². The molecule has 2 saturated heterocycles. The molecule has 1 aromatic rings. The summed E-state index contributed by atoms with van der Waals surface area (Å²) in [5, 5.41) is 6.04. The molecule has 0 aliphatic carbocycles. The molecule has 2 fully saturated rings. The molecule has 7 heteroatoms. The van der Waals surface area contributed by atoms with E-state index in [0.717, 1.165) is 19.4 Å². The first-order valence-electron chi connectivity index (χ1n) is 7.74. The van der Waals surface area contributed by atoms with E-state index in [1.54, 1.807) is 18.2 Å². The predicted octanol–water partition coefficient (Wildman–Crippen LogP) is 1.61. The summed E-state index contributed by atoms with van der Waals surface area (Å²) in [6.07, 6.45) is 2.98. The van der Waals surface area contributed by atoms with Gasteiger partial charge in [-0.3, -0.25) is 9.59 Å². The monoisotopic (exact) mass is 341 g/mol. The van der Waals surface area contributed by atoms with E-state index in [1.165, 1.54) is 11.0 Å². The zero-order valence-electron chi connectivity index (χ0n) is 12.8. The van der Waals surface area contributed by atoms with Crippen LogP contribution in [0.2, 0.25) is 0 Å². The van der Waals surface area contributed by atoms with Crippen LogP contribution in [0.4, 0.5) is 10.1 Å². The Morgan fingerprint density at radius 2 is 2.13 bits per heavy atom. The van der Waals surface area contributed by atoms with Crippen molar-refractivity contribution in [3.05, 3.63) is 30.1 Å². The average Bonchev–Trinajstić information content (AvgIpc) is 3.11. The Hall–Kier alpha value is -1.66. The highest BCUT2D eigenvalue weighted by atomic mass is 35.5. The number of amides is 2. The van der Waals surface area contributed by atoms with E-state index in [2.05, 4.69) is 10.6 Å². The third-order valence-corrected chi connectivity index (χ3v) is 4.28. The van der Waals surface area contributed by atoms with Crippen LogP contribution >= 0.6 is 12.4 Å². The molecule has 0 bridgehead atoms. The summed E-state index contributed by atoms with van der Waals surface area (Å²) >= 11 is 0. The maximum absolute atomic E-state index is 13.8. The fourth-order valence-electron chi connectivity index (χ4n) is 3.13. The van der Waals surface area contributed by atoms with Crippen molar-refractivity contribution in [1.29, 1.82) is 0 Å². The van der Waals surface area contributed by atoms with E-state index in [9.17, 15) is 14.0 Å². The topological polar surface area (TPSA) is 61.4 Å². The maximum atomic E-state index is 13.8. The lowest BCUT2D eigenvalue weighted by Gasteiger charge is -2.18. The van der Waals surface area contributed by atoms with Gasteiger partial charge in [0.1, 0.15) is 11.9 Å². The lowest BCUT2D eigenvalue weighted by Crippen LogP contribution is -2.43. The molecule has 126 valence electrons. The number of benzene rings is 1. The van der Waals surface area contributed by atoms with E-state index in [-0.39, 0.29) is 36.0 Å². The molecule has 3 rings (SSSR count). The molecule has 5 nitrogen and oxygen atoms in total. The van der Waals surface area contributed by atoms with E-state index in [1.807, 2.05) is 0 Å². The summed E-state index contributed by atoms with van der Waals surface area (Å²) in [6.45, 7) is 1.37. The van der Waals surface area contributed by atoms with Crippen LogP contribution in [0.3, 0.4) is 0 Å². The fourth-order valence-corrected chi connectivity index (χ4v) is 3.13. The minimum absolute atomic E-state index is 0. The number of hydrogen-bond acceptors (Lipinski definition) is 3. The van der Waals surface area contributed by atoms with Gasteiger partial charge in [-0.05, 0) is 37.9 Å². The van der Waals surface area contributed by atoms with Gasteiger partial charge in [0.05, 0.1) is 5.69 Å². The Morgan fingerprint density at radius 1 is 1.35 bits per heavy atom. The van der Waals surface area contributed by atoms with Crippen molar-refractivity contribution in [3.63, 3.8) is 0 Å². The Morgan fingerprint density at radius 3 is 2.83 bits per heavy atom. The number of nitrogens with one attached hydrogen (secondary N) is 2. The summed E-state index contributed by atoms with van der Waals surface area (Å²) in [5.74, 6) is -0.774. The first kappa shape index (κ1) is 17.7. The number of rotatable bonds is 4. The zero-order chi connectivity index (χ0) is 15.5. The van der Waals surface area contributed by atoms with Gasteiger partial charge in [-0.2, -0.15) is 0 Å². The number of para-hydroxylation sites is 1. The Balaban J connectivity index is 0.00000192. The van der Waals surface area contributed by atoms with Crippen LogP contribution in [0.25, 0.3) is 0 Å². The SMILES string of the molecule is Cl.O=C(CC1CCCN1)NC1CCN(c2ccccc2F)C1=O. The quantitative estimate of drug-likeness (QED) is 0.874. The van der Waals surface area contributed by atoms with Crippen LogP contribution in [0.15, 0.2) is 24.3 Å². The second-order valence-corrected chi connectivity index (χ2v) is 5.85. The van der Waals surface area contributed by atoms with Gasteiger partial charge < -0.3 is 15.5 Å². The van der Waals surface area contributed by atoms with Gasteiger partial charge in [-0.1, -0.05) is 12.1 Å². The third kappa shape index (κ3) is 4.00. The molecule has 23 heavy (non-hydrogen) atoms. The smallest absolute Gasteiger partial charge is 0.249 e. The van der Waals surface area contributed by atoms with Crippen molar-refractivity contribution in [3.8, 4) is 0 Å². The summed E-state index contributed by atoms with van der Waals surface area (Å²) in [6, 6.07) is 5.87. The molecule has 2 heterocycles. The van der Waals surface area contributed by atoms with Gasteiger partial charge >= 0.3 is 0 Å². The molecule has 2 atom stereocenters. The molecule has 2 amide bonds. The molecular weight excluding hydrogens is 321 g/mol. The number of anilines is 1. The van der Waals surface area contributed by atoms with Crippen molar-refractivity contribution in [2.24, 2.45) is 0 Å². The van der Waals surface area contributed by atoms with Crippen LogP contribution in [0.1, 0.15) is 25.7 Å². The van der Waals surface area contributed by atoms with Crippen molar-refractivity contribution >= 4 is 29.9 Å². The Bertz CT molecular complexity index is 578. The van der Waals surface area contributed by atoms with Crippen LogP contribution < -0.4 is 15.5 Å². The van der Waals surface area contributed by atoms with E-state index in [0.29, 0.717) is 19.4 Å².